The molecule has 0 radical (unpaired) electrons. The van der Waals surface area contributed by atoms with Gasteiger partial charge >= 0.3 is 36.2 Å². The molecule has 1 fully saturated rings. The van der Waals surface area contributed by atoms with E-state index in [0.717, 1.165) is 5.56 Å². The molecule has 18 heteroatoms. The average Bonchev–Trinajstić information content (AvgIpc) is 3.17. The molecule has 1 N–H and O–H groups in total. The number of hydrogen-bond donors (Lipinski definition) is 1. The number of rotatable bonds is 18. The van der Waals surface area contributed by atoms with Gasteiger partial charge in [-0.25, -0.2) is 8.78 Å². The maximum Gasteiger partial charge on any atom is 0.340 e. The molecule has 3 atom stereocenters. The number of carboxylic acid groups (broad SMARTS) is 1. The van der Waals surface area contributed by atoms with Gasteiger partial charge in [0, 0.05) is 45.8 Å². The second kappa shape index (κ2) is 23.9. The van der Waals surface area contributed by atoms with Crippen LogP contribution in [0.5, 0.6) is 5.75 Å². The normalized spacial score (nSPS) is 18.2. The Morgan fingerprint density at radius 2 is 1.34 bits per heavy atom. The highest BCUT2D eigenvalue weighted by Crippen LogP contribution is 2.25. The Morgan fingerprint density at radius 3 is 1.89 bits per heavy atom. The summed E-state index contributed by atoms with van der Waals surface area (Å²) < 4.78 is 81.0. The maximum atomic E-state index is 13.9. The van der Waals surface area contributed by atoms with Gasteiger partial charge in [-0.1, -0.05) is 42.5 Å². The van der Waals surface area contributed by atoms with Gasteiger partial charge in [0.25, 0.3) is 0 Å². The van der Waals surface area contributed by atoms with Crippen molar-refractivity contribution in [3.63, 3.8) is 0 Å². The minimum Gasteiger partial charge on any atom is -0.487 e. The smallest absolute Gasteiger partial charge is 0.340 e. The zero-order chi connectivity index (χ0) is 46.3. The standard InChI is InChI=1S/C44H64F4N4O10/c1-9-58-40(57)35(25-32-15-17-34(18-16-32)60-30-44(47,48)41(45)46)50-21-19-49(27-37(53)61-42(3,4)5)20-22-51(31(2)39(55)56)26-36(59-29-33-13-11-10-12-14-33)52(24-23-50)28-38(54)62-43(6,7)8/h10-18,31,35-36,41H,9,19-30H2,1-8H3,(H,55,56). The van der Waals surface area contributed by atoms with Gasteiger partial charge in [-0.3, -0.25) is 38.8 Å². The summed E-state index contributed by atoms with van der Waals surface area (Å²) in [4.78, 5) is 60.4. The van der Waals surface area contributed by atoms with Crippen LogP contribution in [-0.2, 0) is 51.2 Å². The van der Waals surface area contributed by atoms with Crippen LogP contribution < -0.4 is 4.74 Å². The zero-order valence-electron chi connectivity index (χ0n) is 37.1. The summed E-state index contributed by atoms with van der Waals surface area (Å²) in [5, 5.41) is 10.2. The minimum absolute atomic E-state index is 0.0301. The first-order valence-corrected chi connectivity index (χ1v) is 20.8. The summed E-state index contributed by atoms with van der Waals surface area (Å²) in [5.41, 5.74) is -0.197. The number of esters is 3. The molecule has 348 valence electrons. The van der Waals surface area contributed by atoms with Crippen molar-refractivity contribution in [3.05, 3.63) is 65.7 Å². The number of benzene rings is 2. The highest BCUT2D eigenvalue weighted by atomic mass is 19.3. The summed E-state index contributed by atoms with van der Waals surface area (Å²) in [6.07, 6.45) is -4.72. The third-order valence-electron chi connectivity index (χ3n) is 9.70. The van der Waals surface area contributed by atoms with Crippen LogP contribution in [0, 0.1) is 0 Å². The van der Waals surface area contributed by atoms with E-state index in [0.29, 0.717) is 5.56 Å². The number of alkyl halides is 4. The number of carbonyl (C=O) groups is 4. The Hall–Kier alpha value is -4.36. The van der Waals surface area contributed by atoms with Crippen LogP contribution in [0.2, 0.25) is 0 Å². The first-order chi connectivity index (χ1) is 29.0. The molecule has 3 unspecified atom stereocenters. The third kappa shape index (κ3) is 18.5. The van der Waals surface area contributed by atoms with Gasteiger partial charge in [-0.2, -0.15) is 8.78 Å². The highest BCUT2D eigenvalue weighted by Gasteiger charge is 2.42. The third-order valence-corrected chi connectivity index (χ3v) is 9.70. The van der Waals surface area contributed by atoms with E-state index in [9.17, 15) is 41.8 Å². The van der Waals surface area contributed by atoms with E-state index in [4.69, 9.17) is 23.7 Å². The number of carbonyl (C=O) groups excluding carboxylic acids is 3. The van der Waals surface area contributed by atoms with Crippen LogP contribution in [0.15, 0.2) is 54.6 Å². The van der Waals surface area contributed by atoms with E-state index in [-0.39, 0.29) is 84.3 Å². The van der Waals surface area contributed by atoms with Crippen molar-refractivity contribution in [3.8, 4) is 5.75 Å². The molecule has 0 spiro atoms. The van der Waals surface area contributed by atoms with Gasteiger partial charge in [0.1, 0.15) is 35.3 Å². The lowest BCUT2D eigenvalue weighted by molar-refractivity contribution is -0.164. The molecular formula is C44H64F4N4O10. The Kier molecular flexibility index (Phi) is 20.0. The molecule has 62 heavy (non-hydrogen) atoms. The van der Waals surface area contributed by atoms with Gasteiger partial charge in [0.2, 0.25) is 0 Å². The Morgan fingerprint density at radius 1 is 0.774 bits per heavy atom. The van der Waals surface area contributed by atoms with Crippen molar-refractivity contribution in [1.29, 1.82) is 0 Å². The van der Waals surface area contributed by atoms with Crippen LogP contribution in [0.3, 0.4) is 0 Å². The van der Waals surface area contributed by atoms with Crippen molar-refractivity contribution >= 4 is 23.9 Å². The summed E-state index contributed by atoms with van der Waals surface area (Å²) in [7, 11) is 0. The Balaban J connectivity index is 2.10. The average molecular weight is 885 g/mol. The lowest BCUT2D eigenvalue weighted by Crippen LogP contribution is -2.57. The summed E-state index contributed by atoms with van der Waals surface area (Å²) in [6, 6.07) is 13.2. The van der Waals surface area contributed by atoms with Gasteiger partial charge in [-0.05, 0) is 85.1 Å². The fraction of sp³-hybridized carbons (Fsp3) is 0.636. The van der Waals surface area contributed by atoms with E-state index in [2.05, 4.69) is 0 Å². The predicted molar refractivity (Wildman–Crippen MR) is 222 cm³/mol. The molecule has 0 bridgehead atoms. The first-order valence-electron chi connectivity index (χ1n) is 20.8. The van der Waals surface area contributed by atoms with E-state index in [1.807, 2.05) is 40.1 Å². The fourth-order valence-electron chi connectivity index (χ4n) is 6.54. The van der Waals surface area contributed by atoms with Crippen LogP contribution in [0.25, 0.3) is 0 Å². The first kappa shape index (κ1) is 52.0. The van der Waals surface area contributed by atoms with Crippen LogP contribution in [0.4, 0.5) is 17.6 Å². The molecule has 2 aromatic carbocycles. The predicted octanol–water partition coefficient (Wildman–Crippen LogP) is 5.36. The Bertz CT molecular complexity index is 1710. The molecule has 0 aliphatic carbocycles. The van der Waals surface area contributed by atoms with Gasteiger partial charge in [0.05, 0.1) is 26.3 Å². The zero-order valence-corrected chi connectivity index (χ0v) is 37.1. The fourth-order valence-corrected chi connectivity index (χ4v) is 6.54. The molecule has 1 saturated heterocycles. The number of aliphatic carboxylic acids is 1. The largest absolute Gasteiger partial charge is 0.487 e. The molecular weight excluding hydrogens is 820 g/mol. The second-order valence-corrected chi connectivity index (χ2v) is 17.2. The van der Waals surface area contributed by atoms with Gasteiger partial charge in [0.15, 0.2) is 6.61 Å². The quantitative estimate of drug-likeness (QED) is 0.116. The Labute approximate surface area is 362 Å². The molecule has 14 nitrogen and oxygen atoms in total. The number of hydrogen-bond acceptors (Lipinski definition) is 13. The van der Waals surface area contributed by atoms with Crippen LogP contribution in [0.1, 0.15) is 66.5 Å². The van der Waals surface area contributed by atoms with Gasteiger partial charge in [-0.15, -0.1) is 0 Å². The number of halogens is 4. The topological polar surface area (TPSA) is 148 Å². The number of carboxylic acids is 1. The molecule has 1 aliphatic rings. The van der Waals surface area contributed by atoms with E-state index < -0.39 is 72.3 Å². The van der Waals surface area contributed by atoms with E-state index in [1.165, 1.54) is 24.3 Å². The van der Waals surface area contributed by atoms with Gasteiger partial charge < -0.3 is 28.8 Å². The molecule has 0 amide bonds. The lowest BCUT2D eigenvalue weighted by atomic mass is 10.0. The molecule has 3 rings (SSSR count). The van der Waals surface area contributed by atoms with Crippen molar-refractivity contribution in [1.82, 2.24) is 19.6 Å². The number of nitrogens with zero attached hydrogens (tertiary/aromatic N) is 4. The minimum atomic E-state index is -4.35. The van der Waals surface area contributed by atoms with Crippen molar-refractivity contribution in [2.45, 2.75) is 110 Å². The highest BCUT2D eigenvalue weighted by molar-refractivity contribution is 5.76. The van der Waals surface area contributed by atoms with Crippen molar-refractivity contribution < 1.29 is 65.5 Å². The van der Waals surface area contributed by atoms with Crippen molar-refractivity contribution in [2.75, 3.05) is 72.1 Å². The van der Waals surface area contributed by atoms with Crippen molar-refractivity contribution in [2.24, 2.45) is 0 Å². The summed E-state index contributed by atoms with van der Waals surface area (Å²) >= 11 is 0. The van der Waals surface area contributed by atoms with Crippen LogP contribution >= 0.6 is 0 Å². The molecule has 0 saturated carbocycles. The monoisotopic (exact) mass is 884 g/mol. The molecule has 2 aromatic rings. The maximum absolute atomic E-state index is 13.9. The van der Waals surface area contributed by atoms with Crippen LogP contribution in [-0.4, -0.2) is 163 Å². The van der Waals surface area contributed by atoms with E-state index in [1.54, 1.807) is 65.2 Å². The molecule has 0 aromatic heterocycles. The summed E-state index contributed by atoms with van der Waals surface area (Å²) in [5.74, 6) is -7.13. The molecule has 1 heterocycles. The number of ether oxygens (including phenoxy) is 5. The molecule has 1 aliphatic heterocycles. The second-order valence-electron chi connectivity index (χ2n) is 17.2. The summed E-state index contributed by atoms with van der Waals surface area (Å²) in [6.45, 7) is 13.0. The lowest BCUT2D eigenvalue weighted by Gasteiger charge is -2.40. The van der Waals surface area contributed by atoms with E-state index >= 15 is 0 Å². The SMILES string of the molecule is CCOC(=O)C(Cc1ccc(OCC(F)(F)C(F)F)cc1)N1CCN(CC(=O)OC(C)(C)C)CCN(C(C)C(=O)O)CC(OCc2ccccc2)N(CC(=O)OC(C)(C)C)CC1.